The molecule has 0 aromatic heterocycles. The van der Waals surface area contributed by atoms with Crippen molar-refractivity contribution in [2.75, 3.05) is 0 Å². The molecular weight excluding hydrogens is 1290 g/mol. The van der Waals surface area contributed by atoms with Gasteiger partial charge in [-0.25, -0.2) is 119 Å². The van der Waals surface area contributed by atoms with Gasteiger partial charge in [-0.15, -0.1) is 18.8 Å². The Morgan fingerprint density at radius 1 is 0.271 bits per heavy atom. The molecule has 0 fully saturated rings. The van der Waals surface area contributed by atoms with Crippen molar-refractivity contribution in [2.24, 2.45) is 0 Å². The van der Waals surface area contributed by atoms with Crippen molar-refractivity contribution < 1.29 is 144 Å². The zero-order valence-corrected chi connectivity index (χ0v) is 48.3. The maximum Gasteiger partial charge on any atom is 3.00 e. The molecule has 1 nitrogen and oxygen atoms in total. The smallest absolute Gasteiger partial charge is 0.663 e. The van der Waals surface area contributed by atoms with Gasteiger partial charge in [-0.2, -0.15) is 0 Å². The van der Waals surface area contributed by atoms with E-state index in [9.17, 15) is 39.5 Å². The summed E-state index contributed by atoms with van der Waals surface area (Å²) in [6.45, 7) is 21.8. The van der Waals surface area contributed by atoms with Crippen LogP contribution in [0, 0.1) is 170 Å². The van der Waals surface area contributed by atoms with Crippen molar-refractivity contribution in [1.82, 2.24) is 0 Å². The molecule has 457 valence electrons. The molecule has 0 aliphatic heterocycles. The zero-order chi connectivity index (χ0) is 64.0. The first kappa shape index (κ1) is 73.5. The van der Waals surface area contributed by atoms with Gasteiger partial charge in [0, 0.05) is 5.92 Å². The van der Waals surface area contributed by atoms with Crippen molar-refractivity contribution in [2.45, 2.75) is 74.0 Å². The van der Waals surface area contributed by atoms with Crippen molar-refractivity contribution in [1.29, 1.82) is 0 Å². The van der Waals surface area contributed by atoms with Gasteiger partial charge in [0.25, 0.3) is 0 Å². The minimum atomic E-state index is -10.3. The van der Waals surface area contributed by atoms with Crippen molar-refractivity contribution in [3.05, 3.63) is 198 Å². The second kappa shape index (κ2) is 26.3. The van der Waals surface area contributed by atoms with Crippen LogP contribution in [0.4, 0.5) is 122 Å². The van der Waals surface area contributed by atoms with E-state index in [0.29, 0.717) is 0 Å². The van der Waals surface area contributed by atoms with Gasteiger partial charge in [-0.05, 0) is 55.5 Å². The number of hydrogen-bond acceptors (Lipinski definition) is 0. The molecule has 0 spiro atoms. The fourth-order valence-electron chi connectivity index (χ4n) is 8.78. The van der Waals surface area contributed by atoms with Gasteiger partial charge in [0.1, 0.15) is 17.5 Å². The van der Waals surface area contributed by atoms with Gasteiger partial charge in [-0.3, -0.25) is 0 Å². The SMILES string of the molecule is C[C]1C(C)=C(C)C(C)=C1C.C[Si](C)[N-]C(C)(C)C.Fc1c(F)c(F)c(-c2c(F)c(F)c(F)c(F)[c]2[Al-]([F])([c]2c(F)c(F)c(F)c(F)c2-c2c(F)c(F)c(F)c(F)c2F)[c]2c(F)c(F)c(F)c(F)c2-c2c(F)c(F)c(F)c(F)c2F)c(F)c1F.[CH3-].[Ti+3]. The van der Waals surface area contributed by atoms with Crippen molar-refractivity contribution in [3.63, 3.8) is 0 Å². The van der Waals surface area contributed by atoms with Gasteiger partial charge in [0.2, 0.25) is 17.5 Å². The maximum atomic E-state index is 19.3. The minimum Gasteiger partial charge on any atom is -0.663 e. The Kier molecular flexibility index (Phi) is 22.8. The van der Waals surface area contributed by atoms with Crippen LogP contribution in [0.25, 0.3) is 38.4 Å². The van der Waals surface area contributed by atoms with Crippen LogP contribution >= 0.6 is 0 Å². The van der Waals surface area contributed by atoms with Crippen LogP contribution in [0.1, 0.15) is 55.4 Å². The minimum absolute atomic E-state index is 0. The van der Waals surface area contributed by atoms with E-state index in [-0.39, 0.29) is 43.6 Å². The average molecular weight is 1320 g/mol. The molecule has 1 aliphatic rings. The Hall–Kier alpha value is -5.74. The van der Waals surface area contributed by atoms with Crippen LogP contribution in [0.5, 0.6) is 0 Å². The normalized spacial score (nSPS) is 12.9. The van der Waals surface area contributed by atoms with E-state index in [0.717, 1.165) is 0 Å². The topological polar surface area (TPSA) is 14.1 Å². The second-order valence-corrected chi connectivity index (χ2v) is 24.5. The molecule has 0 amide bonds. The zero-order valence-electron chi connectivity index (χ0n) is 44.6. The molecule has 85 heavy (non-hydrogen) atoms. The molecule has 0 saturated heterocycles. The summed E-state index contributed by atoms with van der Waals surface area (Å²) < 4.78 is 418. The van der Waals surface area contributed by atoms with E-state index < -0.39 is 217 Å². The van der Waals surface area contributed by atoms with E-state index in [1.807, 2.05) is 0 Å². The fraction of sp³-hybridized carbons (Fsp3) is 0.208. The van der Waals surface area contributed by atoms with E-state index >= 15 is 82.6 Å². The summed E-state index contributed by atoms with van der Waals surface area (Å²) in [6, 6.07) is 0. The van der Waals surface area contributed by atoms with Crippen LogP contribution in [0.2, 0.25) is 13.1 Å². The van der Waals surface area contributed by atoms with E-state index in [1.165, 1.54) is 28.2 Å². The number of allylic oxidation sites excluding steroid dienone is 4. The van der Waals surface area contributed by atoms with Crippen LogP contribution in [-0.2, 0) is 21.7 Å². The maximum absolute atomic E-state index is 19.3. The van der Waals surface area contributed by atoms with Gasteiger partial charge >= 0.3 is 35.3 Å². The summed E-state index contributed by atoms with van der Waals surface area (Å²) in [7, 11) is -0.367. The first-order valence-corrected chi connectivity index (χ1v) is 27.2. The molecule has 0 N–H and O–H groups in total. The van der Waals surface area contributed by atoms with Crippen LogP contribution in [-0.4, -0.2) is 28.0 Å². The van der Waals surface area contributed by atoms with Crippen LogP contribution in [0.15, 0.2) is 22.3 Å². The first-order valence-electron chi connectivity index (χ1n) is 22.6. The van der Waals surface area contributed by atoms with Gasteiger partial charge in [0.05, 0.1) is 16.7 Å². The summed E-state index contributed by atoms with van der Waals surface area (Å²) in [6.07, 6.45) is 0. The Morgan fingerprint density at radius 3 is 0.553 bits per heavy atom. The second-order valence-electron chi connectivity index (χ2n) is 19.1. The Bertz CT molecular complexity index is 3360. The van der Waals surface area contributed by atoms with Crippen LogP contribution in [0.3, 0.4) is 0 Å². The van der Waals surface area contributed by atoms with E-state index in [1.54, 1.807) is 0 Å². The number of halogens is 28. The Balaban J connectivity index is 0.000000810. The number of benzene rings is 6. The van der Waals surface area contributed by atoms with Gasteiger partial charge in [-0.1, -0.05) is 60.9 Å². The molecule has 0 atom stereocenters. The molecule has 32 heteroatoms. The standard InChI is InChI=1S/3C12F9.C10H15.C6H15NSi.CH3.Al.FH.Ti/c3*13-3-1-2(5(14)9(18)6(3)15)4-7(16)10(19)12(21)11(20)8(4)17;1-6-7(2)9(4)10(5)8(6)3;1-6(2,3)7-8(4)5;;;;/h;;;1-5H3;1-5H3;1H3;;1H;/q;;;;2*-1;;;+3/p-1. The summed E-state index contributed by atoms with van der Waals surface area (Å²) in [5.41, 5.74) is -15.7. The Morgan fingerprint density at radius 2 is 0.424 bits per heavy atom. The number of nitrogens with zero attached hydrogens (tertiary/aromatic N) is 1. The van der Waals surface area contributed by atoms with Gasteiger partial charge in [0.15, 0.2) is 122 Å². The average Bonchev–Trinajstić information content (AvgIpc) is 1.08. The molecular formula is C53H33AlF28NSiTi. The summed E-state index contributed by atoms with van der Waals surface area (Å²) in [5.74, 6) is -99.8. The molecule has 0 heterocycles. The van der Waals surface area contributed by atoms with Crippen molar-refractivity contribution in [3.8, 4) is 33.4 Å². The largest absolute Gasteiger partial charge is 3.00 e. The van der Waals surface area contributed by atoms with Gasteiger partial charge < -0.3 is 15.9 Å². The summed E-state index contributed by atoms with van der Waals surface area (Å²) >= 11 is -10.3. The number of rotatable bonds is 7. The van der Waals surface area contributed by atoms with Crippen molar-refractivity contribution >= 4 is 35.8 Å². The quantitative estimate of drug-likeness (QED) is 0.0497. The monoisotopic (exact) mass is 1320 g/mol. The molecule has 0 saturated carbocycles. The summed E-state index contributed by atoms with van der Waals surface area (Å²) in [5, 5.41) is 0. The van der Waals surface area contributed by atoms with Crippen LogP contribution < -0.4 is 13.3 Å². The fourth-order valence-corrected chi connectivity index (χ4v) is 14.4. The molecule has 6 aromatic rings. The molecule has 6 aromatic carbocycles. The first-order chi connectivity index (χ1) is 37.9. The third kappa shape index (κ3) is 12.2. The molecule has 7 rings (SSSR count). The third-order valence-electron chi connectivity index (χ3n) is 12.9. The molecule has 0 unspecified atom stereocenters. The third-order valence-corrected chi connectivity index (χ3v) is 18.0. The summed E-state index contributed by atoms with van der Waals surface area (Å²) in [4.78, 5) is 4.51. The molecule has 0 bridgehead atoms. The van der Waals surface area contributed by atoms with E-state index in [4.69, 9.17) is 0 Å². The Labute approximate surface area is 482 Å². The molecule has 1 aliphatic carbocycles. The number of hydrogen-bond donors (Lipinski definition) is 0. The molecule has 3 radical (unpaired) electrons. The predicted octanol–water partition coefficient (Wildman–Crippen LogP) is 17.5. The van der Waals surface area contributed by atoms with E-state index in [2.05, 4.69) is 73.5 Å². The predicted molar refractivity (Wildman–Crippen MR) is 253 cm³/mol.